The van der Waals surface area contributed by atoms with E-state index in [1.165, 1.54) is 5.56 Å². The number of piperazine rings is 1. The number of aromatic amines is 1. The second kappa shape index (κ2) is 6.45. The highest BCUT2D eigenvalue weighted by atomic mass is 15.5. The molecule has 1 saturated heterocycles. The van der Waals surface area contributed by atoms with Gasteiger partial charge in [-0.2, -0.15) is 9.50 Å². The number of nitrogens with zero attached hydrogens (tertiary/aromatic N) is 3. The number of likely N-dealkylation sites (N-methyl/N-ethyl adjacent to an activating group) is 1. The number of aromatic nitrogens is 2. The number of benzene rings is 1. The minimum absolute atomic E-state index is 1.01. The van der Waals surface area contributed by atoms with Gasteiger partial charge in [0.15, 0.2) is 11.2 Å². The Kier molecular flexibility index (Phi) is 4.01. The summed E-state index contributed by atoms with van der Waals surface area (Å²) < 4.78 is 2.19. The molecule has 0 radical (unpaired) electrons. The summed E-state index contributed by atoms with van der Waals surface area (Å²) in [5.74, 6) is 1.08. The second-order valence-electron chi connectivity index (χ2n) is 6.36. The van der Waals surface area contributed by atoms with E-state index < -0.39 is 0 Å². The quantitative estimate of drug-likeness (QED) is 0.538. The van der Waals surface area contributed by atoms with Crippen molar-refractivity contribution < 1.29 is 9.30 Å². The molecule has 3 heterocycles. The molecule has 1 aliphatic rings. The van der Waals surface area contributed by atoms with Crippen molar-refractivity contribution in [2.24, 2.45) is 5.10 Å². The number of rotatable bonds is 3. The smallest absolute Gasteiger partial charge is 0.292 e. The summed E-state index contributed by atoms with van der Waals surface area (Å²) in [7, 11) is 2.24. The maximum atomic E-state index is 4.70. The molecule has 0 unspecified atom stereocenters. The average Bonchev–Trinajstić information content (AvgIpc) is 3.01. The fourth-order valence-corrected chi connectivity index (χ4v) is 3.15. The van der Waals surface area contributed by atoms with E-state index in [0.29, 0.717) is 0 Å². The van der Waals surface area contributed by atoms with E-state index in [9.17, 15) is 0 Å². The van der Waals surface area contributed by atoms with Gasteiger partial charge in [0, 0.05) is 0 Å². The number of hydrogen-bond acceptors (Lipinski definition) is 2. The summed E-state index contributed by atoms with van der Waals surface area (Å²) in [6.07, 6.45) is 4.05. The van der Waals surface area contributed by atoms with Gasteiger partial charge in [0.25, 0.3) is 5.82 Å². The van der Waals surface area contributed by atoms with Gasteiger partial charge in [-0.3, -0.25) is 5.01 Å². The molecule has 0 amide bonds. The third-order valence-electron chi connectivity index (χ3n) is 4.62. The third kappa shape index (κ3) is 2.90. The van der Waals surface area contributed by atoms with Gasteiger partial charge in [0.05, 0.1) is 51.2 Å². The molecular weight excluding hydrogens is 298 g/mol. The van der Waals surface area contributed by atoms with Gasteiger partial charge < -0.3 is 4.90 Å². The zero-order valence-corrected chi connectivity index (χ0v) is 13.9. The zero-order chi connectivity index (χ0) is 16.4. The summed E-state index contributed by atoms with van der Waals surface area (Å²) in [6, 6.07) is 16.6. The maximum absolute atomic E-state index is 4.70. The predicted octanol–water partition coefficient (Wildman–Crippen LogP) is 0.585. The Balaban J connectivity index is 1.69. The highest BCUT2D eigenvalue weighted by Crippen LogP contribution is 2.16. The van der Waals surface area contributed by atoms with Crippen LogP contribution in [0.1, 0.15) is 5.69 Å². The molecule has 0 atom stereocenters. The second-order valence-corrected chi connectivity index (χ2v) is 6.36. The van der Waals surface area contributed by atoms with Gasteiger partial charge in [-0.05, 0) is 24.3 Å². The van der Waals surface area contributed by atoms with Crippen LogP contribution in [0.15, 0.2) is 59.8 Å². The van der Waals surface area contributed by atoms with E-state index in [1.54, 1.807) is 4.90 Å². The number of nitrogens with one attached hydrogen (secondary N) is 2. The van der Waals surface area contributed by atoms with E-state index in [-0.39, 0.29) is 0 Å². The van der Waals surface area contributed by atoms with Crippen molar-refractivity contribution in [2.75, 3.05) is 33.2 Å². The van der Waals surface area contributed by atoms with Crippen LogP contribution in [0.25, 0.3) is 16.9 Å². The van der Waals surface area contributed by atoms with Crippen LogP contribution in [0.2, 0.25) is 0 Å². The molecule has 0 spiro atoms. The van der Waals surface area contributed by atoms with Crippen molar-refractivity contribution in [1.82, 2.24) is 9.99 Å². The minimum atomic E-state index is 1.01. The lowest BCUT2D eigenvalue weighted by Crippen LogP contribution is -3.11. The fourth-order valence-electron chi connectivity index (χ4n) is 3.15. The Hall–Kier alpha value is -2.66. The van der Waals surface area contributed by atoms with Crippen LogP contribution in [-0.4, -0.2) is 49.4 Å². The monoisotopic (exact) mass is 321 g/mol. The molecule has 5 heteroatoms. The molecule has 5 nitrogen and oxygen atoms in total. The first kappa shape index (κ1) is 14.9. The van der Waals surface area contributed by atoms with Crippen molar-refractivity contribution in [3.8, 4) is 11.4 Å². The SMILES string of the molecule is C[NH+]1CCN(/N=C/c2[nH]c(-c3ccccc3)[n+]3ccccc23)CC1. The van der Waals surface area contributed by atoms with Gasteiger partial charge in [0.2, 0.25) is 0 Å². The van der Waals surface area contributed by atoms with Gasteiger partial charge in [-0.1, -0.05) is 24.3 Å². The Labute approximate surface area is 141 Å². The van der Waals surface area contributed by atoms with Gasteiger partial charge >= 0.3 is 0 Å². The van der Waals surface area contributed by atoms with Crippen molar-refractivity contribution in [3.05, 3.63) is 60.4 Å². The maximum Gasteiger partial charge on any atom is 0.292 e. The fraction of sp³-hybridized carbons (Fsp3) is 0.263. The predicted molar refractivity (Wildman–Crippen MR) is 95.2 cm³/mol. The molecule has 0 bridgehead atoms. The lowest BCUT2D eigenvalue weighted by atomic mass is 10.2. The van der Waals surface area contributed by atoms with Crippen LogP contribution in [0, 0.1) is 0 Å². The topological polar surface area (TPSA) is 39.9 Å². The van der Waals surface area contributed by atoms with Crippen LogP contribution in [0.4, 0.5) is 0 Å². The van der Waals surface area contributed by atoms with Crippen LogP contribution in [0.5, 0.6) is 0 Å². The van der Waals surface area contributed by atoms with E-state index in [1.807, 2.05) is 12.3 Å². The summed E-state index contributed by atoms with van der Waals surface area (Å²) in [6.45, 7) is 4.32. The lowest BCUT2D eigenvalue weighted by molar-refractivity contribution is -0.884. The Morgan fingerprint density at radius 3 is 2.62 bits per heavy atom. The Morgan fingerprint density at radius 1 is 1.08 bits per heavy atom. The summed E-state index contributed by atoms with van der Waals surface area (Å²) in [5.41, 5.74) is 3.35. The number of H-pyrrole nitrogens is 1. The Bertz CT molecular complexity index is 845. The first-order valence-electron chi connectivity index (χ1n) is 8.49. The van der Waals surface area contributed by atoms with Gasteiger partial charge in [-0.25, -0.2) is 4.98 Å². The molecule has 1 fully saturated rings. The Morgan fingerprint density at radius 2 is 1.83 bits per heavy atom. The molecular formula is C19H23N5+2. The number of hydrazone groups is 1. The third-order valence-corrected chi connectivity index (χ3v) is 4.62. The number of imidazole rings is 1. The van der Waals surface area contributed by atoms with Crippen molar-refractivity contribution in [3.63, 3.8) is 0 Å². The summed E-state index contributed by atoms with van der Waals surface area (Å²) in [5, 5.41) is 6.86. The van der Waals surface area contributed by atoms with Gasteiger partial charge in [-0.15, -0.1) is 0 Å². The molecule has 2 N–H and O–H groups in total. The molecule has 1 aliphatic heterocycles. The molecule has 122 valence electrons. The lowest BCUT2D eigenvalue weighted by Gasteiger charge is -2.27. The molecule has 3 aromatic rings. The largest absolute Gasteiger partial charge is 0.334 e. The first-order valence-corrected chi connectivity index (χ1v) is 8.49. The van der Waals surface area contributed by atoms with Crippen LogP contribution in [0.3, 0.4) is 0 Å². The first-order chi connectivity index (χ1) is 11.8. The number of quaternary nitrogens is 1. The van der Waals surface area contributed by atoms with E-state index in [2.05, 4.69) is 70.1 Å². The standard InChI is InChI=1S/C19H21N5/c1-22-11-13-23(14-12-22)20-15-17-18-9-5-6-10-24(18)19(21-17)16-7-3-2-4-8-16/h2-10,15H,11-14H2,1H3/p+2/b20-15+. The minimum Gasteiger partial charge on any atom is -0.334 e. The van der Waals surface area contributed by atoms with Crippen LogP contribution >= 0.6 is 0 Å². The van der Waals surface area contributed by atoms with Crippen molar-refractivity contribution >= 4 is 11.7 Å². The average molecular weight is 321 g/mol. The summed E-state index contributed by atoms with van der Waals surface area (Å²) >= 11 is 0. The van der Waals surface area contributed by atoms with Crippen LogP contribution in [-0.2, 0) is 0 Å². The van der Waals surface area contributed by atoms with Gasteiger partial charge in [0.1, 0.15) is 0 Å². The number of pyridine rings is 1. The van der Waals surface area contributed by atoms with Crippen LogP contribution < -0.4 is 9.30 Å². The number of hydrogen-bond donors (Lipinski definition) is 2. The molecule has 24 heavy (non-hydrogen) atoms. The van der Waals surface area contributed by atoms with Crippen molar-refractivity contribution in [1.29, 1.82) is 0 Å². The molecule has 4 rings (SSSR count). The van der Waals surface area contributed by atoms with Crippen molar-refractivity contribution in [2.45, 2.75) is 0 Å². The molecule has 1 aromatic carbocycles. The zero-order valence-electron chi connectivity index (χ0n) is 13.9. The van der Waals surface area contributed by atoms with E-state index in [4.69, 9.17) is 5.10 Å². The molecule has 0 aliphatic carbocycles. The van der Waals surface area contributed by atoms with E-state index >= 15 is 0 Å². The number of fused-ring (bicyclic) bond motifs is 1. The van der Waals surface area contributed by atoms with E-state index in [0.717, 1.165) is 43.2 Å². The highest BCUT2D eigenvalue weighted by molar-refractivity contribution is 5.86. The molecule has 2 aromatic heterocycles. The normalized spacial score (nSPS) is 16.3. The molecule has 0 saturated carbocycles. The highest BCUT2D eigenvalue weighted by Gasteiger charge is 2.19. The summed E-state index contributed by atoms with van der Waals surface area (Å²) in [4.78, 5) is 5.11.